The molecular weight excluding hydrogens is 901 g/mol. The number of H-pyrrole nitrogens is 4. The third-order valence-corrected chi connectivity index (χ3v) is 13.9. The van der Waals surface area contributed by atoms with E-state index in [0.29, 0.717) is 22.4 Å². The van der Waals surface area contributed by atoms with Crippen molar-refractivity contribution in [1.29, 1.82) is 0 Å². The first-order valence-corrected chi connectivity index (χ1v) is 24.8. The Morgan fingerprint density at radius 3 is 1.35 bits per heavy atom. The lowest BCUT2D eigenvalue weighted by atomic mass is 9.87. The van der Waals surface area contributed by atoms with Crippen LogP contribution in [0.25, 0.3) is 55.9 Å². The molecule has 16 heteroatoms. The smallest absolute Gasteiger partial charge is 0.314 e. The summed E-state index contributed by atoms with van der Waals surface area (Å²) >= 11 is 0. The van der Waals surface area contributed by atoms with Crippen LogP contribution in [-0.4, -0.2) is 102 Å². The number of nitrogen functional groups attached to an aromatic ring is 2. The van der Waals surface area contributed by atoms with E-state index in [2.05, 4.69) is 136 Å². The van der Waals surface area contributed by atoms with E-state index in [-0.39, 0.29) is 10.8 Å². The maximum Gasteiger partial charge on any atom is 0.314 e. The molecule has 0 bridgehead atoms. The quantitative estimate of drug-likeness (QED) is 0.0629. The van der Waals surface area contributed by atoms with Crippen LogP contribution in [0.4, 0.5) is 23.0 Å². The molecule has 2 saturated heterocycles. The number of hydrogen-bond donors (Lipinski definition) is 6. The molecule has 8 N–H and O–H groups in total. The summed E-state index contributed by atoms with van der Waals surface area (Å²) < 4.78 is 0. The number of hydrogen-bond acceptors (Lipinski definition) is 12. The molecule has 0 saturated carbocycles. The first-order chi connectivity index (χ1) is 34.5. The minimum atomic E-state index is -0.632. The second kappa shape index (κ2) is 19.4. The molecule has 0 radical (unpaired) electrons. The Morgan fingerprint density at radius 1 is 0.472 bits per heavy atom. The monoisotopic (exact) mass is 965 g/mol. The molecule has 2 aliphatic rings. The molecule has 0 amide bonds. The van der Waals surface area contributed by atoms with Gasteiger partial charge in [-0.2, -0.15) is 0 Å². The van der Waals surface area contributed by atoms with Crippen LogP contribution >= 0.6 is 0 Å². The Morgan fingerprint density at radius 2 is 0.903 bits per heavy atom. The Hall–Kier alpha value is -7.82. The third-order valence-electron chi connectivity index (χ3n) is 13.9. The fourth-order valence-electron chi connectivity index (χ4n) is 9.57. The van der Waals surface area contributed by atoms with E-state index in [1.807, 2.05) is 54.9 Å². The lowest BCUT2D eigenvalue weighted by Crippen LogP contribution is -2.46. The number of nitrogens with one attached hydrogen (secondary N) is 4. The number of imidazole rings is 2. The molecule has 2 aliphatic heterocycles. The molecule has 0 spiro atoms. The molecule has 11 rings (SSSR count). The maximum atomic E-state index is 11.7. The van der Waals surface area contributed by atoms with Crippen molar-refractivity contribution in [2.45, 2.75) is 65.5 Å². The number of nitrogens with zero attached hydrogens (tertiary/aromatic N) is 8. The van der Waals surface area contributed by atoms with Crippen LogP contribution in [0.5, 0.6) is 0 Å². The van der Waals surface area contributed by atoms with E-state index in [1.54, 1.807) is 0 Å². The van der Waals surface area contributed by atoms with Crippen LogP contribution in [-0.2, 0) is 23.9 Å². The molecular formula is C56H64N14O2. The molecule has 5 aromatic heterocycles. The van der Waals surface area contributed by atoms with E-state index < -0.39 is 11.1 Å². The molecule has 16 nitrogen and oxygen atoms in total. The van der Waals surface area contributed by atoms with Crippen LogP contribution in [0.1, 0.15) is 63.8 Å². The Kier molecular flexibility index (Phi) is 12.9. The zero-order chi connectivity index (χ0) is 50.3. The van der Waals surface area contributed by atoms with Crippen LogP contribution < -0.4 is 32.4 Å². The van der Waals surface area contributed by atoms with Crippen molar-refractivity contribution >= 4 is 56.1 Å². The molecule has 9 aromatic rings. The average molecular weight is 965 g/mol. The minimum absolute atomic E-state index is 0.110. The van der Waals surface area contributed by atoms with Crippen LogP contribution in [0.15, 0.2) is 119 Å². The zero-order valence-corrected chi connectivity index (χ0v) is 42.0. The SMILES string of the molecule is CC(C)(C)c1ccc(-c2nc3c(N4CCN(Cc5ccc(N)c(N)c5)CC4)nccc3[nH]2)cc1.CC(C)(C)c1ccc(-c2nc3c(N4CCN(Cc5ccc6[nH]c(=O)c(=O)[nH]c6c5)CC4)nccc3[nH]2)cc1. The fraction of sp³-hybridized carbons (Fsp3) is 0.321. The predicted molar refractivity (Wildman–Crippen MR) is 291 cm³/mol. The third kappa shape index (κ3) is 10.3. The molecule has 370 valence electrons. The van der Waals surface area contributed by atoms with Crippen molar-refractivity contribution in [2.24, 2.45) is 0 Å². The van der Waals surface area contributed by atoms with E-state index >= 15 is 0 Å². The van der Waals surface area contributed by atoms with Gasteiger partial charge in [0.1, 0.15) is 22.7 Å². The largest absolute Gasteiger partial charge is 0.397 e. The topological polar surface area (TPSA) is 214 Å². The van der Waals surface area contributed by atoms with Crippen LogP contribution in [0.2, 0.25) is 0 Å². The van der Waals surface area contributed by atoms with Gasteiger partial charge in [-0.05, 0) is 69.5 Å². The summed E-state index contributed by atoms with van der Waals surface area (Å²) in [7, 11) is 0. The van der Waals surface area contributed by atoms with Gasteiger partial charge in [0.25, 0.3) is 0 Å². The fourth-order valence-corrected chi connectivity index (χ4v) is 9.57. The van der Waals surface area contributed by atoms with Gasteiger partial charge >= 0.3 is 11.1 Å². The highest BCUT2D eigenvalue weighted by Gasteiger charge is 2.24. The van der Waals surface area contributed by atoms with Crippen molar-refractivity contribution < 1.29 is 0 Å². The number of nitrogens with two attached hydrogens (primary N) is 2. The van der Waals surface area contributed by atoms with Gasteiger partial charge in [-0.15, -0.1) is 0 Å². The van der Waals surface area contributed by atoms with Gasteiger partial charge < -0.3 is 41.2 Å². The van der Waals surface area contributed by atoms with E-state index in [4.69, 9.17) is 31.4 Å². The van der Waals surface area contributed by atoms with Gasteiger partial charge in [0.05, 0.1) is 33.4 Å². The molecule has 4 aromatic carbocycles. The Labute approximate surface area is 418 Å². The number of piperazine rings is 2. The normalized spacial score (nSPS) is 15.1. The van der Waals surface area contributed by atoms with Gasteiger partial charge in [-0.3, -0.25) is 19.4 Å². The van der Waals surface area contributed by atoms with Crippen molar-refractivity contribution in [3.8, 4) is 22.8 Å². The number of benzene rings is 4. The van der Waals surface area contributed by atoms with Gasteiger partial charge in [0.2, 0.25) is 0 Å². The summed E-state index contributed by atoms with van der Waals surface area (Å²) in [5, 5.41) is 0. The molecule has 7 heterocycles. The predicted octanol–water partition coefficient (Wildman–Crippen LogP) is 8.18. The van der Waals surface area contributed by atoms with Gasteiger partial charge in [-0.1, -0.05) is 102 Å². The van der Waals surface area contributed by atoms with Crippen molar-refractivity contribution in [3.05, 3.63) is 152 Å². The van der Waals surface area contributed by atoms with Gasteiger partial charge in [0, 0.05) is 89.0 Å². The summed E-state index contributed by atoms with van der Waals surface area (Å²) in [6.07, 6.45) is 3.71. The van der Waals surface area contributed by atoms with Gasteiger partial charge in [0.15, 0.2) is 11.6 Å². The van der Waals surface area contributed by atoms with E-state index in [0.717, 1.165) is 127 Å². The number of anilines is 4. The van der Waals surface area contributed by atoms with Crippen LogP contribution in [0, 0.1) is 0 Å². The highest BCUT2D eigenvalue weighted by molar-refractivity contribution is 5.90. The van der Waals surface area contributed by atoms with Crippen molar-refractivity contribution in [3.63, 3.8) is 0 Å². The first-order valence-electron chi connectivity index (χ1n) is 24.8. The lowest BCUT2D eigenvalue weighted by molar-refractivity contribution is 0.249. The first kappa shape index (κ1) is 47.8. The highest BCUT2D eigenvalue weighted by Crippen LogP contribution is 2.32. The maximum absolute atomic E-state index is 11.7. The van der Waals surface area contributed by atoms with Crippen molar-refractivity contribution in [1.82, 2.24) is 49.7 Å². The number of pyridine rings is 2. The summed E-state index contributed by atoms with van der Waals surface area (Å²) in [5.41, 5.74) is 24.2. The summed E-state index contributed by atoms with van der Waals surface area (Å²) in [5.74, 6) is 3.58. The van der Waals surface area contributed by atoms with Gasteiger partial charge in [-0.25, -0.2) is 19.9 Å². The summed E-state index contributed by atoms with van der Waals surface area (Å²) in [6, 6.07) is 32.9. The molecule has 0 unspecified atom stereocenters. The number of rotatable bonds is 8. The second-order valence-electron chi connectivity index (χ2n) is 21.2. The lowest BCUT2D eigenvalue weighted by Gasteiger charge is -2.35. The second-order valence-corrected chi connectivity index (χ2v) is 21.2. The number of fused-ring (bicyclic) bond motifs is 3. The van der Waals surface area contributed by atoms with Crippen LogP contribution in [0.3, 0.4) is 0 Å². The van der Waals surface area contributed by atoms with E-state index in [1.165, 1.54) is 16.7 Å². The standard InChI is InChI=1S/C29H31N7O2.C27H33N7/c1-29(2,3)20-7-5-19(6-8-20)25-31-22-10-11-30-26(24(22)34-25)36-14-12-35(13-15-36)17-18-4-9-21-23(16-18)33-28(38)27(37)32-21;1-27(2,3)20-7-5-19(6-8-20)25-31-23-10-11-30-26(24(23)32-25)34-14-12-33(13-15-34)17-18-4-9-21(28)22(29)16-18/h4-11,16H,12-15,17H2,1-3H3,(H,31,34)(H,32,37)(H,33,38);4-11,16H,12-15,17,28-29H2,1-3H3,(H,31,32). The minimum Gasteiger partial charge on any atom is -0.397 e. The molecule has 72 heavy (non-hydrogen) atoms. The summed E-state index contributed by atoms with van der Waals surface area (Å²) in [6.45, 7) is 22.1. The molecule has 0 aliphatic carbocycles. The zero-order valence-electron chi connectivity index (χ0n) is 42.0. The summed E-state index contributed by atoms with van der Waals surface area (Å²) in [4.78, 5) is 64.3. The Balaban J connectivity index is 0.000000167. The van der Waals surface area contributed by atoms with E-state index in [9.17, 15) is 9.59 Å². The molecule has 2 fully saturated rings. The Bertz CT molecular complexity index is 3490. The van der Waals surface area contributed by atoms with Crippen molar-refractivity contribution in [2.75, 3.05) is 73.6 Å². The number of aromatic nitrogens is 8. The number of aromatic amines is 4. The highest BCUT2D eigenvalue weighted by atomic mass is 16.2. The average Bonchev–Trinajstić information content (AvgIpc) is 4.02. The molecule has 0 atom stereocenters.